The highest BCUT2D eigenvalue weighted by Gasteiger charge is 2.32. The van der Waals surface area contributed by atoms with Crippen LogP contribution < -0.4 is 5.32 Å². The molecule has 0 unspecified atom stereocenters. The number of nitrogens with one attached hydrogen (secondary N) is 1. The van der Waals surface area contributed by atoms with Crippen LogP contribution in [0.15, 0.2) is 53.4 Å². The van der Waals surface area contributed by atoms with Crippen LogP contribution in [0.4, 0.5) is 8.78 Å². The highest BCUT2D eigenvalue weighted by Crippen LogP contribution is 2.24. The Balaban J connectivity index is 1.54. The maximum absolute atomic E-state index is 13.0. The molecule has 1 heterocycles. The van der Waals surface area contributed by atoms with Crippen LogP contribution in [0.2, 0.25) is 0 Å². The van der Waals surface area contributed by atoms with Gasteiger partial charge in [0.1, 0.15) is 11.6 Å². The van der Waals surface area contributed by atoms with Gasteiger partial charge >= 0.3 is 0 Å². The summed E-state index contributed by atoms with van der Waals surface area (Å²) < 4.78 is 52.4. The maximum atomic E-state index is 13.0. The Morgan fingerprint density at radius 1 is 0.963 bits per heavy atom. The number of hydrogen-bond donors (Lipinski definition) is 1. The van der Waals surface area contributed by atoms with Gasteiger partial charge in [-0.15, -0.1) is 0 Å². The molecule has 1 aliphatic rings. The van der Waals surface area contributed by atoms with Crippen molar-refractivity contribution in [2.45, 2.75) is 24.3 Å². The molecule has 2 aromatic carbocycles. The SMILES string of the molecule is O=C(NCc1ccc(F)cc1)C1CCN(S(=O)(=O)c2ccc(F)cc2)CC1. The molecule has 0 aliphatic carbocycles. The van der Waals surface area contributed by atoms with Gasteiger partial charge in [0, 0.05) is 25.6 Å². The van der Waals surface area contributed by atoms with Gasteiger partial charge in [-0.3, -0.25) is 4.79 Å². The predicted octanol–water partition coefficient (Wildman–Crippen LogP) is 2.68. The van der Waals surface area contributed by atoms with Crippen molar-refractivity contribution in [3.8, 4) is 0 Å². The zero-order valence-electron chi connectivity index (χ0n) is 14.6. The van der Waals surface area contributed by atoms with E-state index in [0.717, 1.165) is 17.7 Å². The minimum absolute atomic E-state index is 0.0445. The molecule has 5 nitrogen and oxygen atoms in total. The van der Waals surface area contributed by atoms with Gasteiger partial charge in [-0.2, -0.15) is 4.31 Å². The van der Waals surface area contributed by atoms with Gasteiger partial charge in [0.25, 0.3) is 0 Å². The van der Waals surface area contributed by atoms with E-state index in [-0.39, 0.29) is 35.6 Å². The highest BCUT2D eigenvalue weighted by molar-refractivity contribution is 7.89. The molecule has 0 saturated carbocycles. The first-order valence-corrected chi connectivity index (χ1v) is 10.1. The van der Waals surface area contributed by atoms with Crippen LogP contribution in [-0.2, 0) is 21.4 Å². The number of amides is 1. The third-order valence-corrected chi connectivity index (χ3v) is 6.57. The van der Waals surface area contributed by atoms with Crippen molar-refractivity contribution in [3.63, 3.8) is 0 Å². The fourth-order valence-electron chi connectivity index (χ4n) is 3.05. The summed E-state index contributed by atoms with van der Waals surface area (Å²) in [5, 5.41) is 2.81. The molecule has 144 valence electrons. The summed E-state index contributed by atoms with van der Waals surface area (Å²) in [5.41, 5.74) is 0.793. The molecule has 2 aromatic rings. The van der Waals surface area contributed by atoms with Gasteiger partial charge in [0.15, 0.2) is 0 Å². The third kappa shape index (κ3) is 4.70. The van der Waals surface area contributed by atoms with Crippen LogP contribution in [0.1, 0.15) is 18.4 Å². The Hall–Kier alpha value is -2.32. The molecule has 0 aromatic heterocycles. The number of carbonyl (C=O) groups is 1. The molecule has 3 rings (SSSR count). The molecule has 1 N–H and O–H groups in total. The van der Waals surface area contributed by atoms with Crippen molar-refractivity contribution >= 4 is 15.9 Å². The van der Waals surface area contributed by atoms with Crippen molar-refractivity contribution in [2.75, 3.05) is 13.1 Å². The van der Waals surface area contributed by atoms with E-state index in [2.05, 4.69) is 5.32 Å². The van der Waals surface area contributed by atoms with Crippen molar-refractivity contribution in [1.29, 1.82) is 0 Å². The van der Waals surface area contributed by atoms with E-state index in [9.17, 15) is 22.0 Å². The monoisotopic (exact) mass is 394 g/mol. The second-order valence-electron chi connectivity index (χ2n) is 6.48. The number of benzene rings is 2. The summed E-state index contributed by atoms with van der Waals surface area (Å²) >= 11 is 0. The van der Waals surface area contributed by atoms with Gasteiger partial charge < -0.3 is 5.32 Å². The minimum Gasteiger partial charge on any atom is -0.352 e. The van der Waals surface area contributed by atoms with Crippen LogP contribution in [0, 0.1) is 17.6 Å². The first-order valence-electron chi connectivity index (χ1n) is 8.64. The number of sulfonamides is 1. The number of halogens is 2. The van der Waals surface area contributed by atoms with Gasteiger partial charge in [-0.25, -0.2) is 17.2 Å². The zero-order valence-corrected chi connectivity index (χ0v) is 15.4. The Labute approximate surface area is 157 Å². The van der Waals surface area contributed by atoms with E-state index in [1.165, 1.54) is 28.6 Å². The van der Waals surface area contributed by atoms with Crippen LogP contribution >= 0.6 is 0 Å². The number of nitrogens with zero attached hydrogens (tertiary/aromatic N) is 1. The van der Waals surface area contributed by atoms with E-state index in [1.54, 1.807) is 12.1 Å². The molecular formula is C19H20F2N2O3S. The maximum Gasteiger partial charge on any atom is 0.243 e. The molecular weight excluding hydrogens is 374 g/mol. The number of carbonyl (C=O) groups excluding carboxylic acids is 1. The van der Waals surface area contributed by atoms with Gasteiger partial charge in [-0.1, -0.05) is 12.1 Å². The molecule has 1 amide bonds. The average Bonchev–Trinajstić information content (AvgIpc) is 2.68. The molecule has 1 aliphatic heterocycles. The topological polar surface area (TPSA) is 66.5 Å². The van der Waals surface area contributed by atoms with Gasteiger partial charge in [-0.05, 0) is 54.8 Å². The van der Waals surface area contributed by atoms with Gasteiger partial charge in [0.05, 0.1) is 4.90 Å². The molecule has 0 atom stereocenters. The predicted molar refractivity (Wildman–Crippen MR) is 96.1 cm³/mol. The fraction of sp³-hybridized carbons (Fsp3) is 0.316. The van der Waals surface area contributed by atoms with Crippen molar-refractivity contribution in [3.05, 3.63) is 65.7 Å². The van der Waals surface area contributed by atoms with Gasteiger partial charge in [0.2, 0.25) is 15.9 Å². The van der Waals surface area contributed by atoms with E-state index in [1.807, 2.05) is 0 Å². The summed E-state index contributed by atoms with van der Waals surface area (Å²) in [6.45, 7) is 0.760. The number of hydrogen-bond acceptors (Lipinski definition) is 3. The summed E-state index contributed by atoms with van der Waals surface area (Å²) in [6, 6.07) is 10.6. The average molecular weight is 394 g/mol. The first-order chi connectivity index (χ1) is 12.9. The van der Waals surface area contributed by atoms with Crippen LogP contribution in [0.3, 0.4) is 0 Å². The number of piperidine rings is 1. The summed E-state index contributed by atoms with van der Waals surface area (Å²) in [7, 11) is -3.69. The van der Waals surface area contributed by atoms with Crippen LogP contribution in [0.25, 0.3) is 0 Å². The molecule has 0 spiro atoms. The molecule has 0 radical (unpaired) electrons. The largest absolute Gasteiger partial charge is 0.352 e. The second-order valence-corrected chi connectivity index (χ2v) is 8.41. The lowest BCUT2D eigenvalue weighted by molar-refractivity contribution is -0.126. The Morgan fingerprint density at radius 2 is 1.48 bits per heavy atom. The normalized spacial score (nSPS) is 16.2. The Morgan fingerprint density at radius 3 is 2.04 bits per heavy atom. The van der Waals surface area contributed by atoms with Crippen molar-refractivity contribution in [1.82, 2.24) is 9.62 Å². The zero-order chi connectivity index (χ0) is 19.4. The Kier molecular flexibility index (Phi) is 5.86. The van der Waals surface area contributed by atoms with Crippen LogP contribution in [-0.4, -0.2) is 31.7 Å². The Bertz CT molecular complexity index is 892. The second kappa shape index (κ2) is 8.14. The quantitative estimate of drug-likeness (QED) is 0.848. The standard InChI is InChI=1S/C19H20F2N2O3S/c20-16-3-1-14(2-4-16)13-22-19(24)15-9-11-23(12-10-15)27(25,26)18-7-5-17(21)6-8-18/h1-8,15H,9-13H2,(H,22,24). The molecule has 0 bridgehead atoms. The van der Waals surface area contributed by atoms with E-state index < -0.39 is 15.8 Å². The molecule has 8 heteroatoms. The smallest absolute Gasteiger partial charge is 0.243 e. The highest BCUT2D eigenvalue weighted by atomic mass is 32.2. The third-order valence-electron chi connectivity index (χ3n) is 4.66. The van der Waals surface area contributed by atoms with E-state index in [0.29, 0.717) is 19.4 Å². The van der Waals surface area contributed by atoms with E-state index >= 15 is 0 Å². The lowest BCUT2D eigenvalue weighted by atomic mass is 9.97. The van der Waals surface area contributed by atoms with Crippen molar-refractivity contribution in [2.24, 2.45) is 5.92 Å². The lowest BCUT2D eigenvalue weighted by Crippen LogP contribution is -2.42. The summed E-state index contributed by atoms with van der Waals surface area (Å²) in [6.07, 6.45) is 0.825. The summed E-state index contributed by atoms with van der Waals surface area (Å²) in [5.74, 6) is -1.24. The minimum atomic E-state index is -3.69. The first kappa shape index (κ1) is 19.4. The molecule has 1 fully saturated rings. The van der Waals surface area contributed by atoms with E-state index in [4.69, 9.17) is 0 Å². The number of rotatable bonds is 5. The summed E-state index contributed by atoms with van der Waals surface area (Å²) in [4.78, 5) is 12.4. The molecule has 27 heavy (non-hydrogen) atoms. The molecule has 1 saturated heterocycles. The fourth-order valence-corrected chi connectivity index (χ4v) is 4.52. The van der Waals surface area contributed by atoms with Crippen molar-refractivity contribution < 1.29 is 22.0 Å². The lowest BCUT2D eigenvalue weighted by Gasteiger charge is -2.30. The van der Waals surface area contributed by atoms with Crippen LogP contribution in [0.5, 0.6) is 0 Å².